The second kappa shape index (κ2) is 6.95. The van der Waals surface area contributed by atoms with Crippen LogP contribution < -0.4 is 11.1 Å². The molecular formula is C16H13F3N2O2. The summed E-state index contributed by atoms with van der Waals surface area (Å²) in [4.78, 5) is 23.4. The topological polar surface area (TPSA) is 72.2 Å². The fourth-order valence-corrected chi connectivity index (χ4v) is 2.03. The van der Waals surface area contributed by atoms with Gasteiger partial charge in [-0.05, 0) is 23.8 Å². The predicted octanol–water partition coefficient (Wildman–Crippen LogP) is 1.93. The molecule has 7 heteroatoms. The number of hydrogen-bond donors (Lipinski definition) is 2. The van der Waals surface area contributed by atoms with E-state index in [9.17, 15) is 22.8 Å². The lowest BCUT2D eigenvalue weighted by molar-refractivity contribution is -0.119. The molecule has 0 aliphatic carbocycles. The van der Waals surface area contributed by atoms with Crippen LogP contribution in [0.1, 0.15) is 15.9 Å². The molecule has 2 rings (SSSR count). The van der Waals surface area contributed by atoms with Crippen LogP contribution in [0.4, 0.5) is 13.2 Å². The maximum absolute atomic E-state index is 13.6. The van der Waals surface area contributed by atoms with E-state index in [4.69, 9.17) is 5.73 Å². The molecule has 0 fully saturated rings. The van der Waals surface area contributed by atoms with Crippen LogP contribution in [0.25, 0.3) is 0 Å². The summed E-state index contributed by atoms with van der Waals surface area (Å²) < 4.78 is 39.9. The van der Waals surface area contributed by atoms with Gasteiger partial charge in [0.1, 0.15) is 23.5 Å². The van der Waals surface area contributed by atoms with Crippen molar-refractivity contribution < 1.29 is 22.8 Å². The lowest BCUT2D eigenvalue weighted by Gasteiger charge is -2.16. The summed E-state index contributed by atoms with van der Waals surface area (Å²) in [5, 5.41) is 2.25. The minimum Gasteiger partial charge on any atom is -0.368 e. The molecule has 120 valence electrons. The average Bonchev–Trinajstić information content (AvgIpc) is 2.47. The molecule has 1 atom stereocenters. The van der Waals surface area contributed by atoms with Gasteiger partial charge in [0.25, 0.3) is 5.91 Å². The molecule has 3 N–H and O–H groups in total. The van der Waals surface area contributed by atoms with E-state index in [1.165, 1.54) is 18.2 Å². The van der Waals surface area contributed by atoms with Crippen molar-refractivity contribution in [1.29, 1.82) is 0 Å². The molecular weight excluding hydrogens is 309 g/mol. The van der Waals surface area contributed by atoms with E-state index in [0.717, 1.165) is 12.1 Å². The fraction of sp³-hybridized carbons (Fsp3) is 0.125. The number of nitrogens with one attached hydrogen (secondary N) is 1. The van der Waals surface area contributed by atoms with Gasteiger partial charge in [-0.25, -0.2) is 13.2 Å². The van der Waals surface area contributed by atoms with Crippen LogP contribution in [-0.4, -0.2) is 17.9 Å². The van der Waals surface area contributed by atoms with Gasteiger partial charge in [-0.1, -0.05) is 18.2 Å². The molecule has 4 nitrogen and oxygen atoms in total. The number of carbonyl (C=O) groups excluding carboxylic acids is 2. The van der Waals surface area contributed by atoms with Gasteiger partial charge in [0.2, 0.25) is 5.91 Å². The van der Waals surface area contributed by atoms with Crippen LogP contribution in [0.15, 0.2) is 42.5 Å². The van der Waals surface area contributed by atoms with E-state index in [0.29, 0.717) is 6.07 Å². The van der Waals surface area contributed by atoms with Gasteiger partial charge in [0.05, 0.1) is 0 Å². The van der Waals surface area contributed by atoms with Crippen molar-refractivity contribution in [2.45, 2.75) is 12.5 Å². The van der Waals surface area contributed by atoms with E-state index in [1.807, 2.05) is 0 Å². The molecule has 2 aromatic carbocycles. The van der Waals surface area contributed by atoms with Crippen molar-refractivity contribution in [3.63, 3.8) is 0 Å². The number of carbonyl (C=O) groups is 2. The highest BCUT2D eigenvalue weighted by Crippen LogP contribution is 2.11. The largest absolute Gasteiger partial charge is 0.368 e. The highest BCUT2D eigenvalue weighted by molar-refractivity contribution is 5.97. The Hall–Kier alpha value is -2.83. The first-order chi connectivity index (χ1) is 10.9. The van der Waals surface area contributed by atoms with Gasteiger partial charge < -0.3 is 11.1 Å². The van der Waals surface area contributed by atoms with Crippen molar-refractivity contribution in [2.75, 3.05) is 0 Å². The molecule has 2 amide bonds. The number of amides is 2. The third kappa shape index (κ3) is 4.32. The zero-order valence-electron chi connectivity index (χ0n) is 11.9. The minimum absolute atomic E-state index is 0.175. The number of primary amides is 1. The predicted molar refractivity (Wildman–Crippen MR) is 76.9 cm³/mol. The number of halogens is 3. The maximum atomic E-state index is 13.6. The summed E-state index contributed by atoms with van der Waals surface area (Å²) >= 11 is 0. The van der Waals surface area contributed by atoms with Gasteiger partial charge >= 0.3 is 0 Å². The molecule has 0 unspecified atom stereocenters. The van der Waals surface area contributed by atoms with Crippen molar-refractivity contribution >= 4 is 11.8 Å². The van der Waals surface area contributed by atoms with Crippen molar-refractivity contribution in [2.24, 2.45) is 5.73 Å². The quantitative estimate of drug-likeness (QED) is 0.883. The standard InChI is InChI=1S/C16H13F3N2O2/c17-11-5-10(6-12(18)8-11)16(23)21-14(15(20)22)7-9-3-1-2-4-13(9)19/h1-6,8,14H,7H2,(H2,20,22)(H,21,23)/t14-/m1/s1. The van der Waals surface area contributed by atoms with Crippen LogP contribution >= 0.6 is 0 Å². The molecule has 0 aliphatic rings. The summed E-state index contributed by atoms with van der Waals surface area (Å²) in [5.74, 6) is -4.19. The zero-order valence-corrected chi connectivity index (χ0v) is 11.9. The number of nitrogens with two attached hydrogens (primary N) is 1. The molecule has 0 saturated heterocycles. The van der Waals surface area contributed by atoms with E-state index in [-0.39, 0.29) is 17.5 Å². The van der Waals surface area contributed by atoms with Gasteiger partial charge in [-0.15, -0.1) is 0 Å². The summed E-state index contributed by atoms with van der Waals surface area (Å²) in [5.41, 5.74) is 5.08. The maximum Gasteiger partial charge on any atom is 0.252 e. The van der Waals surface area contributed by atoms with Gasteiger partial charge in [-0.2, -0.15) is 0 Å². The molecule has 0 saturated carbocycles. The highest BCUT2D eigenvalue weighted by atomic mass is 19.1. The van der Waals surface area contributed by atoms with E-state index < -0.39 is 35.3 Å². The fourth-order valence-electron chi connectivity index (χ4n) is 2.03. The van der Waals surface area contributed by atoms with Crippen LogP contribution in [0.2, 0.25) is 0 Å². The van der Waals surface area contributed by atoms with Gasteiger partial charge in [0.15, 0.2) is 0 Å². The zero-order chi connectivity index (χ0) is 17.0. The van der Waals surface area contributed by atoms with Crippen LogP contribution in [0.3, 0.4) is 0 Å². The molecule has 0 spiro atoms. The normalized spacial score (nSPS) is 11.8. The smallest absolute Gasteiger partial charge is 0.252 e. The first-order valence-corrected chi connectivity index (χ1v) is 6.66. The number of benzene rings is 2. The summed E-state index contributed by atoms with van der Waals surface area (Å²) in [6.07, 6.45) is -0.175. The Labute approximate surface area is 130 Å². The Bertz CT molecular complexity index is 730. The molecule has 23 heavy (non-hydrogen) atoms. The van der Waals surface area contributed by atoms with E-state index in [2.05, 4.69) is 5.32 Å². The van der Waals surface area contributed by atoms with E-state index >= 15 is 0 Å². The minimum atomic E-state index is -1.22. The molecule has 0 aromatic heterocycles. The Morgan fingerprint density at radius 2 is 1.65 bits per heavy atom. The molecule has 2 aromatic rings. The van der Waals surface area contributed by atoms with Crippen LogP contribution in [0.5, 0.6) is 0 Å². The molecule has 0 heterocycles. The second-order valence-corrected chi connectivity index (χ2v) is 4.88. The van der Waals surface area contributed by atoms with E-state index in [1.54, 1.807) is 6.07 Å². The number of rotatable bonds is 5. The van der Waals surface area contributed by atoms with Gasteiger partial charge in [0, 0.05) is 18.1 Å². The summed E-state index contributed by atoms with van der Waals surface area (Å²) in [6, 6.07) is 6.73. The van der Waals surface area contributed by atoms with Crippen LogP contribution in [0, 0.1) is 17.5 Å². The van der Waals surface area contributed by atoms with Crippen LogP contribution in [-0.2, 0) is 11.2 Å². The monoisotopic (exact) mass is 322 g/mol. The van der Waals surface area contributed by atoms with Crippen molar-refractivity contribution in [3.05, 3.63) is 71.0 Å². The third-order valence-electron chi connectivity index (χ3n) is 3.16. The molecule has 0 radical (unpaired) electrons. The Kier molecular flexibility index (Phi) is 5.00. The third-order valence-corrected chi connectivity index (χ3v) is 3.16. The lowest BCUT2D eigenvalue weighted by Crippen LogP contribution is -2.46. The Morgan fingerprint density at radius 1 is 1.04 bits per heavy atom. The Balaban J connectivity index is 2.18. The SMILES string of the molecule is NC(=O)[C@@H](Cc1ccccc1F)NC(=O)c1cc(F)cc(F)c1. The first kappa shape index (κ1) is 16.5. The first-order valence-electron chi connectivity index (χ1n) is 6.66. The highest BCUT2D eigenvalue weighted by Gasteiger charge is 2.21. The molecule has 0 aliphatic heterocycles. The second-order valence-electron chi connectivity index (χ2n) is 4.88. The molecule has 0 bridgehead atoms. The lowest BCUT2D eigenvalue weighted by atomic mass is 10.0. The van der Waals surface area contributed by atoms with Crippen molar-refractivity contribution in [1.82, 2.24) is 5.32 Å². The Morgan fingerprint density at radius 3 is 2.22 bits per heavy atom. The van der Waals surface area contributed by atoms with Crippen molar-refractivity contribution in [3.8, 4) is 0 Å². The average molecular weight is 322 g/mol. The summed E-state index contributed by atoms with van der Waals surface area (Å²) in [7, 11) is 0. The van der Waals surface area contributed by atoms with Gasteiger partial charge in [-0.3, -0.25) is 9.59 Å². The number of hydrogen-bond acceptors (Lipinski definition) is 2. The summed E-state index contributed by atoms with van der Waals surface area (Å²) in [6.45, 7) is 0.